The van der Waals surface area contributed by atoms with Crippen LogP contribution in [-0.2, 0) is 9.47 Å². The van der Waals surface area contributed by atoms with Crippen molar-refractivity contribution in [1.29, 1.82) is 0 Å². The van der Waals surface area contributed by atoms with E-state index in [0.29, 0.717) is 5.56 Å². The fraction of sp³-hybridized carbons (Fsp3) is 0.455. The highest BCUT2D eigenvalue weighted by Crippen LogP contribution is 2.33. The molecule has 3 aromatic rings. The van der Waals surface area contributed by atoms with Crippen molar-refractivity contribution in [3.8, 4) is 11.1 Å². The summed E-state index contributed by atoms with van der Waals surface area (Å²) < 4.78 is 13.3. The van der Waals surface area contributed by atoms with Crippen molar-refractivity contribution in [1.82, 2.24) is 19.5 Å². The third kappa shape index (κ3) is 3.68. The Balaban J connectivity index is 1.89. The van der Waals surface area contributed by atoms with Gasteiger partial charge >= 0.3 is 5.97 Å². The number of carbonyl (C=O) groups is 1. The van der Waals surface area contributed by atoms with E-state index in [-0.39, 0.29) is 18.1 Å². The van der Waals surface area contributed by atoms with Crippen LogP contribution in [0.25, 0.3) is 16.6 Å². The Bertz CT molecular complexity index is 1000. The van der Waals surface area contributed by atoms with Gasteiger partial charge in [-0.3, -0.25) is 10.00 Å². The van der Waals surface area contributed by atoms with E-state index in [1.54, 1.807) is 6.20 Å². The largest absolute Gasteiger partial charge is 0.459 e. The Labute approximate surface area is 170 Å². The molecule has 0 radical (unpaired) electrons. The molecule has 1 saturated heterocycles. The van der Waals surface area contributed by atoms with E-state index in [2.05, 4.69) is 38.7 Å². The van der Waals surface area contributed by atoms with Crippen molar-refractivity contribution in [3.05, 3.63) is 47.5 Å². The molecular weight excluding hydrogens is 368 g/mol. The summed E-state index contributed by atoms with van der Waals surface area (Å²) in [6, 6.07) is 4.16. The number of hydrogen-bond acceptors (Lipinski definition) is 5. The highest BCUT2D eigenvalue weighted by Gasteiger charge is 2.26. The van der Waals surface area contributed by atoms with Crippen LogP contribution in [0.4, 0.5) is 0 Å². The molecule has 0 bridgehead atoms. The van der Waals surface area contributed by atoms with Crippen LogP contribution >= 0.6 is 0 Å². The van der Waals surface area contributed by atoms with Gasteiger partial charge in [0, 0.05) is 48.3 Å². The number of pyridine rings is 1. The van der Waals surface area contributed by atoms with Crippen LogP contribution in [0, 0.1) is 6.92 Å². The lowest BCUT2D eigenvalue weighted by Crippen LogP contribution is -2.39. The number of nitrogens with one attached hydrogen (secondary N) is 1. The topological polar surface area (TPSA) is 71.9 Å². The number of esters is 1. The maximum atomic E-state index is 12.9. The van der Waals surface area contributed by atoms with Crippen molar-refractivity contribution >= 4 is 11.5 Å². The van der Waals surface area contributed by atoms with E-state index in [0.717, 1.165) is 54.2 Å². The quantitative estimate of drug-likeness (QED) is 0.667. The number of carbonyl (C=O) groups excluding carboxylic acids is 1. The van der Waals surface area contributed by atoms with Gasteiger partial charge in [-0.25, -0.2) is 4.79 Å². The molecule has 29 heavy (non-hydrogen) atoms. The summed E-state index contributed by atoms with van der Waals surface area (Å²) in [4.78, 5) is 15.3. The zero-order valence-electron chi connectivity index (χ0n) is 17.4. The standard InChI is InChI=1S/C22H28N4O3/c1-14(2)29-22(27)19-11-20-18(17-12-23-24-13-17)5-6-26(20)21(15(19)3)16(4)25-7-9-28-10-8-25/h5-6,11-14,16H,7-10H2,1-4H3,(H,23,24). The van der Waals surface area contributed by atoms with Crippen LogP contribution in [0.2, 0.25) is 0 Å². The molecule has 0 amide bonds. The van der Waals surface area contributed by atoms with Crippen LogP contribution in [-0.4, -0.2) is 57.9 Å². The summed E-state index contributed by atoms with van der Waals surface area (Å²) >= 11 is 0. The molecule has 0 saturated carbocycles. The summed E-state index contributed by atoms with van der Waals surface area (Å²) in [6.07, 6.45) is 5.58. The summed E-state index contributed by atoms with van der Waals surface area (Å²) in [5.74, 6) is -0.283. The third-order valence-electron chi connectivity index (χ3n) is 5.62. The average Bonchev–Trinajstić information content (AvgIpc) is 3.36. The predicted molar refractivity (Wildman–Crippen MR) is 111 cm³/mol. The highest BCUT2D eigenvalue weighted by atomic mass is 16.5. The van der Waals surface area contributed by atoms with E-state index in [1.807, 2.05) is 33.0 Å². The SMILES string of the molecule is Cc1c(C(=O)OC(C)C)cc2c(-c3cn[nH]c3)ccn2c1C(C)N1CCOCC1. The molecule has 1 aliphatic rings. The predicted octanol–water partition coefficient (Wildman–Crippen LogP) is 3.60. The van der Waals surface area contributed by atoms with Gasteiger partial charge in [0.05, 0.1) is 36.6 Å². The first-order chi connectivity index (χ1) is 14.0. The fourth-order valence-corrected chi connectivity index (χ4v) is 4.15. The Hall–Kier alpha value is -2.64. The highest BCUT2D eigenvalue weighted by molar-refractivity contribution is 5.95. The van der Waals surface area contributed by atoms with Gasteiger partial charge in [-0.15, -0.1) is 0 Å². The number of nitrogens with zero attached hydrogens (tertiary/aromatic N) is 3. The number of aromatic amines is 1. The maximum Gasteiger partial charge on any atom is 0.338 e. The number of aromatic nitrogens is 3. The van der Waals surface area contributed by atoms with Crippen LogP contribution in [0.15, 0.2) is 30.7 Å². The van der Waals surface area contributed by atoms with Crippen LogP contribution in [0.1, 0.15) is 48.4 Å². The lowest BCUT2D eigenvalue weighted by molar-refractivity contribution is 0.0186. The van der Waals surface area contributed by atoms with Gasteiger partial charge in [0.25, 0.3) is 0 Å². The zero-order chi connectivity index (χ0) is 20.5. The molecule has 3 aromatic heterocycles. The molecule has 1 fully saturated rings. The summed E-state index contributed by atoms with van der Waals surface area (Å²) in [5.41, 5.74) is 5.68. The number of rotatable bonds is 5. The number of morpholine rings is 1. The molecule has 1 unspecified atom stereocenters. The lowest BCUT2D eigenvalue weighted by atomic mass is 10.00. The van der Waals surface area contributed by atoms with E-state index < -0.39 is 0 Å². The molecule has 1 aliphatic heterocycles. The van der Waals surface area contributed by atoms with Gasteiger partial charge < -0.3 is 13.9 Å². The average molecular weight is 396 g/mol. The maximum absolute atomic E-state index is 12.9. The van der Waals surface area contributed by atoms with E-state index >= 15 is 0 Å². The molecule has 1 N–H and O–H groups in total. The van der Waals surface area contributed by atoms with Crippen molar-refractivity contribution in [2.45, 2.75) is 39.8 Å². The van der Waals surface area contributed by atoms with Crippen molar-refractivity contribution < 1.29 is 14.3 Å². The fourth-order valence-electron chi connectivity index (χ4n) is 4.15. The second-order valence-electron chi connectivity index (χ2n) is 7.82. The van der Waals surface area contributed by atoms with Crippen molar-refractivity contribution in [3.63, 3.8) is 0 Å². The normalized spacial score (nSPS) is 16.4. The molecule has 0 spiro atoms. The number of hydrogen-bond donors (Lipinski definition) is 1. The van der Waals surface area contributed by atoms with Crippen molar-refractivity contribution in [2.24, 2.45) is 0 Å². The van der Waals surface area contributed by atoms with Crippen LogP contribution in [0.5, 0.6) is 0 Å². The second kappa shape index (κ2) is 8.00. The molecule has 7 heteroatoms. The molecule has 0 aromatic carbocycles. The summed E-state index contributed by atoms with van der Waals surface area (Å²) in [6.45, 7) is 11.2. The van der Waals surface area contributed by atoms with Gasteiger partial charge in [-0.1, -0.05) is 0 Å². The molecule has 1 atom stereocenters. The van der Waals surface area contributed by atoms with Gasteiger partial charge in [-0.2, -0.15) is 5.10 Å². The number of ether oxygens (including phenoxy) is 2. The summed E-state index contributed by atoms with van der Waals surface area (Å²) in [5, 5.41) is 6.96. The Morgan fingerprint density at radius 2 is 2.03 bits per heavy atom. The third-order valence-corrected chi connectivity index (χ3v) is 5.62. The number of H-pyrrole nitrogens is 1. The van der Waals surface area contributed by atoms with E-state index in [9.17, 15) is 4.79 Å². The zero-order valence-corrected chi connectivity index (χ0v) is 17.4. The minimum atomic E-state index is -0.283. The Morgan fingerprint density at radius 1 is 1.28 bits per heavy atom. The van der Waals surface area contributed by atoms with E-state index in [4.69, 9.17) is 9.47 Å². The molecule has 7 nitrogen and oxygen atoms in total. The summed E-state index contributed by atoms with van der Waals surface area (Å²) in [7, 11) is 0. The lowest BCUT2D eigenvalue weighted by Gasteiger charge is -2.34. The molecule has 0 aliphatic carbocycles. The monoisotopic (exact) mass is 396 g/mol. The smallest absolute Gasteiger partial charge is 0.338 e. The molecule has 4 heterocycles. The Morgan fingerprint density at radius 3 is 2.69 bits per heavy atom. The minimum absolute atomic E-state index is 0.137. The molecule has 4 rings (SSSR count). The first-order valence-corrected chi connectivity index (χ1v) is 10.1. The number of fused-ring (bicyclic) bond motifs is 1. The van der Waals surface area contributed by atoms with E-state index in [1.165, 1.54) is 0 Å². The first-order valence-electron chi connectivity index (χ1n) is 10.1. The molecular formula is C22H28N4O3. The first kappa shape index (κ1) is 19.7. The van der Waals surface area contributed by atoms with Crippen LogP contribution in [0.3, 0.4) is 0 Å². The van der Waals surface area contributed by atoms with Gasteiger partial charge in [0.1, 0.15) is 0 Å². The Kier molecular flexibility index (Phi) is 5.43. The van der Waals surface area contributed by atoms with Gasteiger partial charge in [0.15, 0.2) is 0 Å². The second-order valence-corrected chi connectivity index (χ2v) is 7.82. The molecule has 154 valence electrons. The van der Waals surface area contributed by atoms with Gasteiger partial charge in [-0.05, 0) is 45.4 Å². The van der Waals surface area contributed by atoms with Crippen molar-refractivity contribution in [2.75, 3.05) is 26.3 Å². The van der Waals surface area contributed by atoms with Crippen LogP contribution < -0.4 is 0 Å². The minimum Gasteiger partial charge on any atom is -0.459 e. The van der Waals surface area contributed by atoms with Gasteiger partial charge in [0.2, 0.25) is 0 Å².